The summed E-state index contributed by atoms with van der Waals surface area (Å²) < 4.78 is 0. The average molecular weight is 555 g/mol. The minimum atomic E-state index is -1.29. The highest BCUT2D eigenvalue weighted by atomic mass is 32.1. The van der Waals surface area contributed by atoms with Crippen molar-refractivity contribution in [3.63, 3.8) is 0 Å². The summed E-state index contributed by atoms with van der Waals surface area (Å²) in [5, 5.41) is 48.8. The third kappa shape index (κ3) is 12.5. The minimum absolute atomic E-state index is 0.0846. The van der Waals surface area contributed by atoms with Gasteiger partial charge in [-0.3, -0.25) is 38.7 Å². The van der Waals surface area contributed by atoms with Crippen molar-refractivity contribution in [3.05, 3.63) is 29.8 Å². The van der Waals surface area contributed by atoms with Crippen LogP contribution in [0.5, 0.6) is 0 Å². The summed E-state index contributed by atoms with van der Waals surface area (Å²) in [6.07, 6.45) is 0.110. The summed E-state index contributed by atoms with van der Waals surface area (Å²) >= 11 is 4.58. The number of aliphatic carboxylic acids is 5. The van der Waals surface area contributed by atoms with Crippen LogP contribution >= 0.6 is 12.2 Å². The average Bonchev–Trinajstić information content (AvgIpc) is 2.76. The molecule has 0 amide bonds. The number of aliphatic imine (C=N–C) groups is 1. The van der Waals surface area contributed by atoms with Gasteiger partial charge in [-0.25, -0.2) is 0 Å². The molecular formula is C23H30N4O10S. The van der Waals surface area contributed by atoms with Gasteiger partial charge in [-0.15, -0.1) is 0 Å². The van der Waals surface area contributed by atoms with Crippen LogP contribution in [0.3, 0.4) is 0 Å². The van der Waals surface area contributed by atoms with E-state index in [0.29, 0.717) is 11.3 Å². The largest absolute Gasteiger partial charge is 0.480 e. The van der Waals surface area contributed by atoms with Crippen molar-refractivity contribution in [2.24, 2.45) is 4.99 Å². The topological polar surface area (TPSA) is 209 Å². The normalized spacial score (nSPS) is 12.6. The molecule has 1 aromatic rings. The molecule has 0 saturated heterocycles. The van der Waals surface area contributed by atoms with Gasteiger partial charge in [0.05, 0.1) is 43.6 Å². The maximum atomic E-state index is 11.6. The van der Waals surface area contributed by atoms with E-state index >= 15 is 0 Å². The lowest BCUT2D eigenvalue weighted by Crippen LogP contribution is -2.59. The Kier molecular flexibility index (Phi) is 13.2. The maximum Gasteiger partial charge on any atom is 0.317 e. The zero-order valence-corrected chi connectivity index (χ0v) is 21.5. The standard InChI is InChI=1S/C23H30N4O10S/c1-23(27(12-21(34)35)13-22(36)37,8-16-2-4-17(5-3-16)24-15-38)14-26(11-20(32)33)7-6-25(9-18(28)29)10-19(30)31/h2-5H,6-14H2,1H3,(H,28,29)(H,30,31)(H,32,33)(H,34,35)(H,36,37). The number of nitrogens with zero attached hydrogens (tertiary/aromatic N) is 4. The fraction of sp³-hybridized carbons (Fsp3) is 0.478. The summed E-state index contributed by atoms with van der Waals surface area (Å²) in [5.74, 6) is -6.35. The molecule has 38 heavy (non-hydrogen) atoms. The van der Waals surface area contributed by atoms with Gasteiger partial charge in [0.1, 0.15) is 0 Å². The van der Waals surface area contributed by atoms with E-state index < -0.39 is 68.1 Å². The van der Waals surface area contributed by atoms with E-state index in [1.54, 1.807) is 31.2 Å². The quantitative estimate of drug-likeness (QED) is 0.113. The zero-order chi connectivity index (χ0) is 28.9. The molecule has 0 spiro atoms. The number of carboxylic acids is 5. The van der Waals surface area contributed by atoms with E-state index in [-0.39, 0.29) is 26.1 Å². The van der Waals surface area contributed by atoms with Crippen molar-refractivity contribution in [1.29, 1.82) is 0 Å². The van der Waals surface area contributed by atoms with E-state index in [1.165, 1.54) is 9.80 Å². The Bertz CT molecular complexity index is 1030. The van der Waals surface area contributed by atoms with Gasteiger partial charge in [0.15, 0.2) is 0 Å². The number of carboxylic acid groups (broad SMARTS) is 5. The smallest absolute Gasteiger partial charge is 0.317 e. The van der Waals surface area contributed by atoms with E-state index in [2.05, 4.69) is 22.4 Å². The number of isothiocyanates is 1. The van der Waals surface area contributed by atoms with E-state index in [9.17, 15) is 39.3 Å². The third-order valence-electron chi connectivity index (χ3n) is 5.49. The molecule has 14 nitrogen and oxygen atoms in total. The van der Waals surface area contributed by atoms with Crippen molar-refractivity contribution >= 4 is 52.9 Å². The lowest BCUT2D eigenvalue weighted by atomic mass is 9.89. The van der Waals surface area contributed by atoms with Crippen LogP contribution < -0.4 is 0 Å². The van der Waals surface area contributed by atoms with Crippen LogP contribution in [0.4, 0.5) is 5.69 Å². The van der Waals surface area contributed by atoms with E-state index in [1.807, 2.05) is 0 Å². The lowest BCUT2D eigenvalue weighted by Gasteiger charge is -2.43. The first-order valence-electron chi connectivity index (χ1n) is 11.2. The van der Waals surface area contributed by atoms with Gasteiger partial charge in [-0.05, 0) is 43.3 Å². The van der Waals surface area contributed by atoms with Crippen LogP contribution in [0.2, 0.25) is 0 Å². The molecule has 0 bridgehead atoms. The van der Waals surface area contributed by atoms with Crippen LogP contribution in [0, 0.1) is 0 Å². The number of hydrogen-bond donors (Lipinski definition) is 5. The predicted octanol–water partition coefficient (Wildman–Crippen LogP) is 0.0511. The van der Waals surface area contributed by atoms with Crippen LogP contribution in [0.15, 0.2) is 29.3 Å². The molecular weight excluding hydrogens is 524 g/mol. The van der Waals surface area contributed by atoms with Gasteiger partial charge in [-0.1, -0.05) is 12.1 Å². The number of benzene rings is 1. The van der Waals surface area contributed by atoms with Gasteiger partial charge >= 0.3 is 29.8 Å². The Hall–Kier alpha value is -3.75. The van der Waals surface area contributed by atoms with Gasteiger partial charge in [0.25, 0.3) is 0 Å². The van der Waals surface area contributed by atoms with E-state index in [0.717, 1.165) is 4.90 Å². The maximum absolute atomic E-state index is 11.6. The minimum Gasteiger partial charge on any atom is -0.480 e. The molecule has 0 aliphatic rings. The summed E-state index contributed by atoms with van der Waals surface area (Å²) in [5.41, 5.74) is -0.0425. The van der Waals surface area contributed by atoms with Gasteiger partial charge in [0, 0.05) is 25.2 Å². The van der Waals surface area contributed by atoms with Crippen molar-refractivity contribution in [1.82, 2.24) is 14.7 Å². The SMILES string of the molecule is CC(Cc1ccc(N=C=S)cc1)(CN(CCN(CC(=O)O)CC(=O)O)CC(=O)O)N(CC(=O)O)CC(=O)O. The highest BCUT2D eigenvalue weighted by Gasteiger charge is 2.37. The van der Waals surface area contributed by atoms with E-state index in [4.69, 9.17) is 10.2 Å². The number of hydrogen-bond acceptors (Lipinski definition) is 10. The monoisotopic (exact) mass is 554 g/mol. The highest BCUT2D eigenvalue weighted by molar-refractivity contribution is 7.78. The molecule has 0 saturated carbocycles. The van der Waals surface area contributed by atoms with Crippen molar-refractivity contribution in [2.75, 3.05) is 52.4 Å². The van der Waals surface area contributed by atoms with Crippen molar-refractivity contribution in [2.45, 2.75) is 18.9 Å². The molecule has 0 aromatic heterocycles. The zero-order valence-electron chi connectivity index (χ0n) is 20.6. The molecule has 1 aromatic carbocycles. The Morgan fingerprint density at radius 2 is 1.18 bits per heavy atom. The first-order chi connectivity index (χ1) is 17.7. The van der Waals surface area contributed by atoms with Crippen LogP contribution in [0.1, 0.15) is 12.5 Å². The third-order valence-corrected chi connectivity index (χ3v) is 5.58. The molecule has 0 aliphatic carbocycles. The van der Waals surface area contributed by atoms with Gasteiger partial charge in [-0.2, -0.15) is 4.99 Å². The molecule has 1 unspecified atom stereocenters. The first-order valence-corrected chi connectivity index (χ1v) is 11.6. The van der Waals surface area contributed by atoms with Gasteiger partial charge in [0.2, 0.25) is 0 Å². The predicted molar refractivity (Wildman–Crippen MR) is 136 cm³/mol. The second kappa shape index (κ2) is 15.5. The molecule has 0 aliphatic heterocycles. The summed E-state index contributed by atoms with van der Waals surface area (Å²) in [6, 6.07) is 6.65. The molecule has 5 N–H and O–H groups in total. The second-order valence-corrected chi connectivity index (χ2v) is 8.97. The Morgan fingerprint density at radius 3 is 1.61 bits per heavy atom. The molecule has 1 atom stereocenters. The highest BCUT2D eigenvalue weighted by Crippen LogP contribution is 2.24. The van der Waals surface area contributed by atoms with Crippen LogP contribution in [0.25, 0.3) is 0 Å². The number of rotatable bonds is 19. The van der Waals surface area contributed by atoms with Gasteiger partial charge < -0.3 is 25.5 Å². The molecule has 0 fully saturated rings. The Labute approximate surface area is 223 Å². The first kappa shape index (κ1) is 32.3. The molecule has 0 heterocycles. The number of carbonyl (C=O) groups is 5. The van der Waals surface area contributed by atoms with Crippen LogP contribution in [-0.4, -0.2) is 133 Å². The molecule has 0 radical (unpaired) electrons. The Morgan fingerprint density at radius 1 is 0.763 bits per heavy atom. The molecule has 1 rings (SSSR count). The molecule has 15 heteroatoms. The summed E-state index contributed by atoms with van der Waals surface area (Å²) in [4.78, 5) is 64.6. The lowest BCUT2D eigenvalue weighted by molar-refractivity contribution is -0.146. The summed E-state index contributed by atoms with van der Waals surface area (Å²) in [6.45, 7) is -1.77. The Balaban J connectivity index is 3.37. The fourth-order valence-corrected chi connectivity index (χ4v) is 4.08. The van der Waals surface area contributed by atoms with Crippen molar-refractivity contribution in [3.8, 4) is 0 Å². The van der Waals surface area contributed by atoms with Crippen LogP contribution in [-0.2, 0) is 30.4 Å². The number of thiocarbonyl (C=S) groups is 1. The summed E-state index contributed by atoms with van der Waals surface area (Å²) in [7, 11) is 0. The second-order valence-electron chi connectivity index (χ2n) is 8.79. The molecule has 208 valence electrons. The fourth-order valence-electron chi connectivity index (χ4n) is 3.98. The van der Waals surface area contributed by atoms with Crippen molar-refractivity contribution < 1.29 is 49.5 Å².